The standard InChI is InChI=1S/C10H7ClO.BHNS/c11-9-3-1-7-2-4-10(12)6-8(7)5-9;1-2-3/h1-5H,6H2;3H. The van der Waals surface area contributed by atoms with Crippen molar-refractivity contribution in [3.05, 3.63) is 40.4 Å². The number of ketones is 1. The molecular weight excluding hydrogens is 228 g/mol. The number of carbonyl (C=O) groups is 1. The van der Waals surface area contributed by atoms with Crippen LogP contribution in [0.15, 0.2) is 28.6 Å². The molecule has 0 unspecified atom stereocenters. The third-order valence-corrected chi connectivity index (χ3v) is 2.15. The van der Waals surface area contributed by atoms with Gasteiger partial charge in [0.2, 0.25) is 0 Å². The van der Waals surface area contributed by atoms with Crippen molar-refractivity contribution in [3.63, 3.8) is 0 Å². The van der Waals surface area contributed by atoms with Gasteiger partial charge in [0.15, 0.2) is 5.78 Å². The molecule has 0 bridgehead atoms. The second-order valence-corrected chi connectivity index (χ2v) is 3.60. The van der Waals surface area contributed by atoms with Gasteiger partial charge in [0.25, 0.3) is 0 Å². The van der Waals surface area contributed by atoms with E-state index in [0.29, 0.717) is 11.4 Å². The molecular formula is C10H8BClNOS. The summed E-state index contributed by atoms with van der Waals surface area (Å²) in [5.74, 6) is 0.143. The Morgan fingerprint density at radius 2 is 2.07 bits per heavy atom. The van der Waals surface area contributed by atoms with E-state index in [2.05, 4.69) is 24.8 Å². The summed E-state index contributed by atoms with van der Waals surface area (Å²) in [4.78, 5) is 11.0. The minimum atomic E-state index is 0.143. The number of hydrogen-bond acceptors (Lipinski definition) is 3. The first-order chi connectivity index (χ1) is 7.17. The van der Waals surface area contributed by atoms with Crippen molar-refractivity contribution in [2.24, 2.45) is 4.30 Å². The van der Waals surface area contributed by atoms with Crippen LogP contribution in [0, 0.1) is 0 Å². The summed E-state index contributed by atoms with van der Waals surface area (Å²) in [5, 5.41) is 0.692. The van der Waals surface area contributed by atoms with E-state index in [1.54, 1.807) is 6.08 Å². The molecule has 5 heteroatoms. The van der Waals surface area contributed by atoms with Gasteiger partial charge in [-0.3, -0.25) is 4.79 Å². The SMILES string of the molecule is O=C1C=Cc2ccc(Cl)cc2C1.[B]=NS. The van der Waals surface area contributed by atoms with E-state index in [-0.39, 0.29) is 5.78 Å². The number of rotatable bonds is 0. The van der Waals surface area contributed by atoms with E-state index in [9.17, 15) is 4.79 Å². The van der Waals surface area contributed by atoms with Crippen LogP contribution < -0.4 is 0 Å². The van der Waals surface area contributed by atoms with Crippen LogP contribution in [0.2, 0.25) is 5.02 Å². The fraction of sp³-hybridized carbons (Fsp3) is 0.100. The summed E-state index contributed by atoms with van der Waals surface area (Å²) in [7, 11) is 4.34. The number of carbonyl (C=O) groups excluding carboxylic acids is 1. The van der Waals surface area contributed by atoms with Crippen molar-refractivity contribution >= 4 is 43.9 Å². The summed E-state index contributed by atoms with van der Waals surface area (Å²) in [5.41, 5.74) is 2.12. The fourth-order valence-corrected chi connectivity index (χ4v) is 1.51. The summed E-state index contributed by atoms with van der Waals surface area (Å²) in [6, 6.07) is 5.61. The van der Waals surface area contributed by atoms with E-state index >= 15 is 0 Å². The molecule has 2 nitrogen and oxygen atoms in total. The van der Waals surface area contributed by atoms with Gasteiger partial charge in [0, 0.05) is 11.4 Å². The maximum absolute atomic E-state index is 11.0. The third kappa shape index (κ3) is 3.65. The Labute approximate surface area is 100 Å². The van der Waals surface area contributed by atoms with Gasteiger partial charge in [0.1, 0.15) is 0 Å². The monoisotopic (exact) mass is 236 g/mol. The normalized spacial score (nSPS) is 12.5. The van der Waals surface area contributed by atoms with E-state index < -0.39 is 0 Å². The van der Waals surface area contributed by atoms with Crippen LogP contribution in [0.5, 0.6) is 0 Å². The second kappa shape index (κ2) is 5.88. The van der Waals surface area contributed by atoms with Crippen LogP contribution >= 0.6 is 24.4 Å². The average molecular weight is 237 g/mol. The first kappa shape index (κ1) is 12.2. The molecule has 0 aromatic heterocycles. The minimum absolute atomic E-state index is 0.143. The molecule has 0 heterocycles. The van der Waals surface area contributed by atoms with Crippen molar-refractivity contribution in [1.82, 2.24) is 0 Å². The Bertz CT molecular complexity index is 420. The van der Waals surface area contributed by atoms with E-state index in [4.69, 9.17) is 11.6 Å². The zero-order valence-electron chi connectivity index (χ0n) is 7.85. The quantitative estimate of drug-likeness (QED) is 0.545. The van der Waals surface area contributed by atoms with E-state index in [1.165, 1.54) is 0 Å². The first-order valence-corrected chi connectivity index (χ1v) is 4.99. The van der Waals surface area contributed by atoms with E-state index in [0.717, 1.165) is 11.1 Å². The number of benzene rings is 1. The summed E-state index contributed by atoms with van der Waals surface area (Å²) in [6.07, 6.45) is 3.92. The van der Waals surface area contributed by atoms with Gasteiger partial charge in [-0.15, -0.1) is 0 Å². The molecule has 0 aliphatic heterocycles. The van der Waals surface area contributed by atoms with Crippen molar-refractivity contribution in [2.45, 2.75) is 6.42 Å². The molecule has 0 atom stereocenters. The molecule has 0 saturated carbocycles. The summed E-state index contributed by atoms with van der Waals surface area (Å²) < 4.78 is 2.69. The summed E-state index contributed by atoms with van der Waals surface area (Å²) in [6.45, 7) is 0. The van der Waals surface area contributed by atoms with Crippen LogP contribution in [-0.2, 0) is 11.2 Å². The van der Waals surface area contributed by atoms with Crippen LogP contribution in [0.3, 0.4) is 0 Å². The van der Waals surface area contributed by atoms with Gasteiger partial charge in [0.05, 0.1) is 0 Å². The number of fused-ring (bicyclic) bond motifs is 1. The van der Waals surface area contributed by atoms with Gasteiger partial charge in [-0.2, -0.15) is 0 Å². The van der Waals surface area contributed by atoms with Gasteiger partial charge in [-0.05, 0) is 29.3 Å². The van der Waals surface area contributed by atoms with Crippen molar-refractivity contribution in [2.75, 3.05) is 0 Å². The molecule has 0 saturated heterocycles. The molecule has 1 aromatic rings. The molecule has 1 aliphatic carbocycles. The van der Waals surface area contributed by atoms with Crippen molar-refractivity contribution < 1.29 is 4.79 Å². The third-order valence-electron chi connectivity index (χ3n) is 1.92. The van der Waals surface area contributed by atoms with Crippen LogP contribution in [0.25, 0.3) is 6.08 Å². The molecule has 0 amide bonds. The molecule has 1 radical (unpaired) electrons. The van der Waals surface area contributed by atoms with Crippen LogP contribution in [0.4, 0.5) is 0 Å². The Balaban J connectivity index is 0.000000337. The number of allylic oxidation sites excluding steroid dienone is 1. The molecule has 0 fully saturated rings. The molecule has 15 heavy (non-hydrogen) atoms. The Hall–Kier alpha value is -0.865. The number of nitrogens with zero attached hydrogens (tertiary/aromatic N) is 1. The zero-order chi connectivity index (χ0) is 11.3. The Morgan fingerprint density at radius 3 is 2.73 bits per heavy atom. The van der Waals surface area contributed by atoms with Crippen molar-refractivity contribution in [1.29, 1.82) is 0 Å². The van der Waals surface area contributed by atoms with Gasteiger partial charge in [-0.25, -0.2) is 0 Å². The average Bonchev–Trinajstić information content (AvgIpc) is 2.18. The number of thiol groups is 1. The van der Waals surface area contributed by atoms with Crippen molar-refractivity contribution in [3.8, 4) is 0 Å². The molecule has 1 aliphatic rings. The first-order valence-electron chi connectivity index (χ1n) is 4.21. The predicted octanol–water partition coefficient (Wildman–Crippen LogP) is 2.66. The molecule has 2 rings (SSSR count). The van der Waals surface area contributed by atoms with Gasteiger partial charge < -0.3 is 0 Å². The van der Waals surface area contributed by atoms with Crippen LogP contribution in [0.1, 0.15) is 11.1 Å². The fourth-order valence-electron chi connectivity index (χ4n) is 1.32. The Morgan fingerprint density at radius 1 is 1.40 bits per heavy atom. The maximum atomic E-state index is 11.0. The second-order valence-electron chi connectivity index (χ2n) is 2.94. The Kier molecular flexibility index (Phi) is 4.79. The molecule has 0 N–H and O–H groups in total. The zero-order valence-corrected chi connectivity index (χ0v) is 9.50. The van der Waals surface area contributed by atoms with Crippen LogP contribution in [-0.4, -0.2) is 13.4 Å². The summed E-state index contributed by atoms with van der Waals surface area (Å²) >= 11 is 8.98. The number of halogens is 1. The molecule has 1 aromatic carbocycles. The van der Waals surface area contributed by atoms with Gasteiger partial charge >= 0.3 is 24.8 Å². The topological polar surface area (TPSA) is 29.4 Å². The van der Waals surface area contributed by atoms with Gasteiger partial charge in [-0.1, -0.05) is 23.7 Å². The predicted molar refractivity (Wildman–Crippen MR) is 66.4 cm³/mol. The number of hydrogen-bond donors (Lipinski definition) is 1. The molecule has 0 spiro atoms. The molecule has 75 valence electrons. The van der Waals surface area contributed by atoms with E-state index in [1.807, 2.05) is 24.3 Å².